The molecule has 11 heteroatoms. The lowest BCUT2D eigenvalue weighted by Gasteiger charge is -2.35. The second-order valence-corrected chi connectivity index (χ2v) is 9.20. The summed E-state index contributed by atoms with van der Waals surface area (Å²) in [5, 5.41) is 21.9. The summed E-state index contributed by atoms with van der Waals surface area (Å²) in [5.74, 6) is 0.724. The van der Waals surface area contributed by atoms with Crippen LogP contribution in [-0.2, 0) is 0 Å². The molecule has 11 nitrogen and oxygen atoms in total. The number of nitrogens with one attached hydrogen (secondary N) is 1. The molecule has 0 aliphatic carbocycles. The number of nitriles is 1. The minimum atomic E-state index is -0.328. The molecular weight excluding hydrogens is 492 g/mol. The Labute approximate surface area is 223 Å². The summed E-state index contributed by atoms with van der Waals surface area (Å²) in [6, 6.07) is 21.1. The number of pyridine rings is 2. The Bertz CT molecular complexity index is 1700. The van der Waals surface area contributed by atoms with Gasteiger partial charge in [0.25, 0.3) is 5.91 Å². The van der Waals surface area contributed by atoms with E-state index in [1.165, 1.54) is 12.3 Å². The summed E-state index contributed by atoms with van der Waals surface area (Å²) in [6.45, 7) is 1.28. The highest BCUT2D eigenvalue weighted by atomic mass is 16.1. The highest BCUT2D eigenvalue weighted by Gasteiger charge is 2.27. The summed E-state index contributed by atoms with van der Waals surface area (Å²) in [7, 11) is 0. The van der Waals surface area contributed by atoms with Crippen LogP contribution in [-0.4, -0.2) is 54.9 Å². The van der Waals surface area contributed by atoms with E-state index in [0.29, 0.717) is 37.6 Å². The molecule has 1 amide bonds. The number of nitrogens with zero attached hydrogens (tertiary/aromatic N) is 8. The quantitative estimate of drug-likeness (QED) is 0.359. The second-order valence-electron chi connectivity index (χ2n) is 9.20. The summed E-state index contributed by atoms with van der Waals surface area (Å²) in [6.07, 6.45) is 4.44. The Morgan fingerprint density at radius 3 is 2.59 bits per heavy atom. The predicted molar refractivity (Wildman–Crippen MR) is 146 cm³/mol. The molecular formula is C28H24N10O. The minimum absolute atomic E-state index is 0.0105. The molecule has 39 heavy (non-hydrogen) atoms. The van der Waals surface area contributed by atoms with Crippen molar-refractivity contribution in [2.75, 3.05) is 23.8 Å². The summed E-state index contributed by atoms with van der Waals surface area (Å²) in [5.41, 5.74) is 10.5. The first kappa shape index (κ1) is 24.0. The SMILES string of the molecule is N#Cc1nnccc1C(=O)NC1CCN(n2c(-c3cccnc3N)nc3ccc(-c4ccccc4)nc32)CC1. The van der Waals surface area contributed by atoms with Gasteiger partial charge in [-0.1, -0.05) is 30.3 Å². The summed E-state index contributed by atoms with van der Waals surface area (Å²) in [4.78, 5) is 27.0. The molecule has 192 valence electrons. The van der Waals surface area contributed by atoms with Gasteiger partial charge in [-0.3, -0.25) is 4.79 Å². The van der Waals surface area contributed by atoms with E-state index < -0.39 is 0 Å². The number of imidazole rings is 1. The Morgan fingerprint density at radius 2 is 1.82 bits per heavy atom. The van der Waals surface area contributed by atoms with Crippen LogP contribution in [0.5, 0.6) is 0 Å². The molecule has 1 aromatic carbocycles. The van der Waals surface area contributed by atoms with Crippen LogP contribution in [0.3, 0.4) is 0 Å². The van der Waals surface area contributed by atoms with E-state index in [0.717, 1.165) is 28.0 Å². The molecule has 5 aromatic rings. The van der Waals surface area contributed by atoms with Gasteiger partial charge >= 0.3 is 0 Å². The monoisotopic (exact) mass is 516 g/mol. The van der Waals surface area contributed by atoms with Crippen LogP contribution >= 0.6 is 0 Å². The van der Waals surface area contributed by atoms with Crippen molar-refractivity contribution in [1.82, 2.24) is 35.1 Å². The molecule has 0 saturated carbocycles. The molecule has 6 rings (SSSR count). The van der Waals surface area contributed by atoms with Crippen LogP contribution in [0, 0.1) is 11.3 Å². The van der Waals surface area contributed by atoms with Crippen molar-refractivity contribution in [3.63, 3.8) is 0 Å². The number of rotatable bonds is 5. The normalized spacial score (nSPS) is 13.8. The van der Waals surface area contributed by atoms with Crippen LogP contribution in [0.1, 0.15) is 28.9 Å². The zero-order valence-corrected chi connectivity index (χ0v) is 20.9. The lowest BCUT2D eigenvalue weighted by Crippen LogP contribution is -2.49. The summed E-state index contributed by atoms with van der Waals surface area (Å²) < 4.78 is 2.02. The number of nitrogens with two attached hydrogens (primary N) is 1. The van der Waals surface area contributed by atoms with Crippen LogP contribution in [0.2, 0.25) is 0 Å². The van der Waals surface area contributed by atoms with Gasteiger partial charge < -0.3 is 16.1 Å². The third kappa shape index (κ3) is 4.59. The molecule has 4 aromatic heterocycles. The average Bonchev–Trinajstić information content (AvgIpc) is 3.36. The smallest absolute Gasteiger partial charge is 0.254 e. The van der Waals surface area contributed by atoms with Crippen LogP contribution in [0.25, 0.3) is 33.8 Å². The zero-order valence-electron chi connectivity index (χ0n) is 20.9. The topological polar surface area (TPSA) is 152 Å². The molecule has 0 bridgehead atoms. The van der Waals surface area contributed by atoms with Gasteiger partial charge in [-0.2, -0.15) is 10.4 Å². The maximum absolute atomic E-state index is 12.8. The average molecular weight is 517 g/mol. The first-order valence-corrected chi connectivity index (χ1v) is 12.6. The van der Waals surface area contributed by atoms with Crippen LogP contribution in [0.4, 0.5) is 5.82 Å². The Kier molecular flexibility index (Phi) is 6.26. The van der Waals surface area contributed by atoms with E-state index in [9.17, 15) is 10.1 Å². The number of hydrogen-bond donors (Lipinski definition) is 2. The summed E-state index contributed by atoms with van der Waals surface area (Å²) >= 11 is 0. The fraction of sp³-hybridized carbons (Fsp3) is 0.179. The van der Waals surface area contributed by atoms with Gasteiger partial charge in [0, 0.05) is 30.9 Å². The Morgan fingerprint density at radius 1 is 1.00 bits per heavy atom. The number of amides is 1. The van der Waals surface area contributed by atoms with Crippen LogP contribution < -0.4 is 16.1 Å². The molecule has 0 atom stereocenters. The van der Waals surface area contributed by atoms with Crippen molar-refractivity contribution in [2.45, 2.75) is 18.9 Å². The highest BCUT2D eigenvalue weighted by Crippen LogP contribution is 2.30. The number of nitrogen functional groups attached to an aromatic ring is 1. The molecule has 1 aliphatic rings. The fourth-order valence-corrected chi connectivity index (χ4v) is 4.84. The molecule has 1 saturated heterocycles. The standard InChI is InChI=1S/C28H24N10O/c29-17-24-20(10-14-32-36-24)28(39)33-19-11-15-37(16-12-19)38-26(21-7-4-13-31-25(21)30)35-23-9-8-22(34-27(23)38)18-5-2-1-3-6-18/h1-10,13-14,19H,11-12,15-16H2,(H2,30,31)(H,33,39). The van der Waals surface area contributed by atoms with Crippen molar-refractivity contribution in [3.8, 4) is 28.7 Å². The fourth-order valence-electron chi connectivity index (χ4n) is 4.84. The lowest BCUT2D eigenvalue weighted by atomic mass is 10.1. The molecule has 1 fully saturated rings. The third-order valence-electron chi connectivity index (χ3n) is 6.79. The van der Waals surface area contributed by atoms with Crippen molar-refractivity contribution in [1.29, 1.82) is 5.26 Å². The molecule has 0 radical (unpaired) electrons. The predicted octanol–water partition coefficient (Wildman–Crippen LogP) is 2.93. The first-order valence-electron chi connectivity index (χ1n) is 12.6. The van der Waals surface area contributed by atoms with E-state index in [1.54, 1.807) is 6.20 Å². The molecule has 1 aliphatic heterocycles. The van der Waals surface area contributed by atoms with E-state index in [2.05, 4.69) is 25.5 Å². The maximum Gasteiger partial charge on any atom is 0.254 e. The Hall–Kier alpha value is -5.37. The van der Waals surface area contributed by atoms with E-state index in [4.69, 9.17) is 15.7 Å². The molecule has 0 spiro atoms. The Balaban J connectivity index is 1.32. The first-order chi connectivity index (χ1) is 19.1. The number of fused-ring (bicyclic) bond motifs is 1. The van der Waals surface area contributed by atoms with Crippen molar-refractivity contribution in [3.05, 3.63) is 84.3 Å². The number of hydrogen-bond acceptors (Lipinski definition) is 9. The van der Waals surface area contributed by atoms with Gasteiger partial charge in [-0.25, -0.2) is 19.6 Å². The third-order valence-corrected chi connectivity index (χ3v) is 6.79. The van der Waals surface area contributed by atoms with Gasteiger partial charge in [-0.05, 0) is 43.2 Å². The van der Waals surface area contributed by atoms with Gasteiger partial charge in [0.2, 0.25) is 0 Å². The lowest BCUT2D eigenvalue weighted by molar-refractivity contribution is 0.0929. The van der Waals surface area contributed by atoms with E-state index in [1.807, 2.05) is 65.3 Å². The number of benzene rings is 1. The highest BCUT2D eigenvalue weighted by molar-refractivity contribution is 5.96. The van der Waals surface area contributed by atoms with Crippen molar-refractivity contribution < 1.29 is 4.79 Å². The van der Waals surface area contributed by atoms with E-state index >= 15 is 0 Å². The van der Waals surface area contributed by atoms with Gasteiger partial charge in [0.1, 0.15) is 17.4 Å². The van der Waals surface area contributed by atoms with Gasteiger partial charge in [-0.15, -0.1) is 5.10 Å². The number of carbonyl (C=O) groups excluding carboxylic acids is 1. The largest absolute Gasteiger partial charge is 0.383 e. The molecule has 3 N–H and O–H groups in total. The molecule has 5 heterocycles. The number of piperidine rings is 1. The molecule has 0 unspecified atom stereocenters. The number of aromatic nitrogens is 6. The zero-order chi connectivity index (χ0) is 26.8. The van der Waals surface area contributed by atoms with Crippen LogP contribution in [0.15, 0.2) is 73.1 Å². The van der Waals surface area contributed by atoms with Crippen molar-refractivity contribution >= 4 is 22.9 Å². The number of anilines is 1. The second kappa shape index (κ2) is 10.2. The minimum Gasteiger partial charge on any atom is -0.383 e. The van der Waals surface area contributed by atoms with E-state index in [-0.39, 0.29) is 23.2 Å². The number of carbonyl (C=O) groups is 1. The maximum atomic E-state index is 12.8. The van der Waals surface area contributed by atoms with Gasteiger partial charge in [0.05, 0.1) is 23.0 Å². The van der Waals surface area contributed by atoms with Crippen molar-refractivity contribution in [2.24, 2.45) is 0 Å². The van der Waals surface area contributed by atoms with Gasteiger partial charge in [0.15, 0.2) is 17.2 Å².